The molecule has 0 aliphatic carbocycles. The van der Waals surface area contributed by atoms with Crippen LogP contribution in [0.15, 0.2) is 24.4 Å². The molecule has 2 aromatic rings. The van der Waals surface area contributed by atoms with Crippen molar-refractivity contribution in [2.24, 2.45) is 0 Å². The zero-order chi connectivity index (χ0) is 14.4. The second kappa shape index (κ2) is 7.17. The molecule has 21 heavy (non-hydrogen) atoms. The topological polar surface area (TPSA) is 149 Å². The maximum Gasteiger partial charge on any atom is 1.00 e. The van der Waals surface area contributed by atoms with Gasteiger partial charge in [0.05, 0.1) is 5.52 Å². The molecule has 1 N–H and O–H groups in total. The number of phenols is 1. The average Bonchev–Trinajstić information content (AvgIpc) is 2.58. The molecular formula is C8H5NNa2O8S2. The standard InChI is InChI=1S/C8H7NO8S2.2Na/c10-7-3-5-1-2-9(18(11,12)13)6(5)4-8(7)17-19(14,15)16;;/h1-4,10H,(H,11,12,13)(H,14,15,16);;/q;2*+1/p-2. The Labute approximate surface area is 164 Å². The Morgan fingerprint density at radius 2 is 1.67 bits per heavy atom. The number of nitrogens with zero attached hydrogens (tertiary/aromatic N) is 1. The number of hydrogen-bond donors (Lipinski definition) is 1. The van der Waals surface area contributed by atoms with Gasteiger partial charge in [-0.15, -0.1) is 0 Å². The summed E-state index contributed by atoms with van der Waals surface area (Å²) in [7, 11) is -10.0. The summed E-state index contributed by atoms with van der Waals surface area (Å²) in [4.78, 5) is 0. The number of aromatic nitrogens is 1. The molecule has 0 spiro atoms. The molecule has 0 bridgehead atoms. The van der Waals surface area contributed by atoms with Gasteiger partial charge in [0.1, 0.15) is 0 Å². The molecule has 1 aromatic carbocycles. The predicted octanol–water partition coefficient (Wildman–Crippen LogP) is -6.50. The summed E-state index contributed by atoms with van der Waals surface area (Å²) < 4.78 is 68.3. The molecule has 1 aromatic heterocycles. The van der Waals surface area contributed by atoms with Crippen LogP contribution in [0.3, 0.4) is 0 Å². The molecule has 0 radical (unpaired) electrons. The summed E-state index contributed by atoms with van der Waals surface area (Å²) in [6.07, 6.45) is 0.919. The van der Waals surface area contributed by atoms with E-state index in [-0.39, 0.29) is 70.0 Å². The zero-order valence-electron chi connectivity index (χ0n) is 10.9. The van der Waals surface area contributed by atoms with Crippen LogP contribution in [0.4, 0.5) is 0 Å². The van der Waals surface area contributed by atoms with Crippen molar-refractivity contribution < 1.29 is 94.3 Å². The summed E-state index contributed by atoms with van der Waals surface area (Å²) in [5.74, 6) is -1.46. The zero-order valence-corrected chi connectivity index (χ0v) is 16.5. The van der Waals surface area contributed by atoms with Crippen LogP contribution >= 0.6 is 0 Å². The molecule has 104 valence electrons. The monoisotopic (exact) mass is 353 g/mol. The Bertz CT molecular complexity index is 858. The number of fused-ring (bicyclic) bond motifs is 1. The Morgan fingerprint density at radius 1 is 1.10 bits per heavy atom. The number of phenolic OH excluding ortho intramolecular Hbond substituents is 1. The van der Waals surface area contributed by atoms with E-state index in [1.54, 1.807) is 0 Å². The third kappa shape index (κ3) is 5.10. The summed E-state index contributed by atoms with van der Waals surface area (Å²) in [5.41, 5.74) is -0.230. The van der Waals surface area contributed by atoms with Crippen molar-refractivity contribution >= 4 is 31.6 Å². The Hall–Kier alpha value is 0.180. The van der Waals surface area contributed by atoms with E-state index in [9.17, 15) is 31.0 Å². The molecule has 0 unspecified atom stereocenters. The first kappa shape index (κ1) is 21.2. The van der Waals surface area contributed by atoms with Crippen molar-refractivity contribution in [3.63, 3.8) is 0 Å². The minimum atomic E-state index is -5.15. The number of rotatable bonds is 3. The van der Waals surface area contributed by atoms with Crippen LogP contribution in [0.1, 0.15) is 0 Å². The maximum absolute atomic E-state index is 10.9. The normalized spacial score (nSPS) is 11.5. The molecule has 0 aliphatic rings. The minimum Gasteiger partial charge on any atom is -0.731 e. The van der Waals surface area contributed by atoms with Gasteiger partial charge in [0.2, 0.25) is 0 Å². The average molecular weight is 353 g/mol. The Morgan fingerprint density at radius 3 is 2.14 bits per heavy atom. The quantitative estimate of drug-likeness (QED) is 0.325. The van der Waals surface area contributed by atoms with E-state index in [1.807, 2.05) is 0 Å². The molecular weight excluding hydrogens is 348 g/mol. The van der Waals surface area contributed by atoms with Crippen molar-refractivity contribution in [2.45, 2.75) is 0 Å². The fourth-order valence-electron chi connectivity index (χ4n) is 1.50. The van der Waals surface area contributed by atoms with E-state index < -0.39 is 32.2 Å². The molecule has 13 heteroatoms. The largest absolute Gasteiger partial charge is 1.00 e. The van der Waals surface area contributed by atoms with Crippen molar-refractivity contribution in [1.82, 2.24) is 3.97 Å². The van der Waals surface area contributed by atoms with Gasteiger partial charge in [-0.25, -0.2) is 16.8 Å². The van der Waals surface area contributed by atoms with Gasteiger partial charge >= 0.3 is 59.1 Å². The van der Waals surface area contributed by atoms with Crippen LogP contribution in [-0.4, -0.2) is 35.0 Å². The van der Waals surface area contributed by atoms with Crippen LogP contribution in [0.2, 0.25) is 0 Å². The van der Waals surface area contributed by atoms with E-state index >= 15 is 0 Å². The third-order valence-electron chi connectivity index (χ3n) is 2.17. The molecule has 0 aliphatic heterocycles. The van der Waals surface area contributed by atoms with E-state index in [4.69, 9.17) is 0 Å². The van der Waals surface area contributed by atoms with Crippen LogP contribution in [0.5, 0.6) is 11.5 Å². The van der Waals surface area contributed by atoms with E-state index in [1.165, 1.54) is 6.07 Å². The summed E-state index contributed by atoms with van der Waals surface area (Å²) in [6.45, 7) is 0. The van der Waals surface area contributed by atoms with Crippen molar-refractivity contribution in [1.29, 1.82) is 0 Å². The SMILES string of the molecule is O=S(=O)([O-])Oc1cc2c(ccn2S(=O)(=O)[O-])cc1O.[Na+].[Na+]. The van der Waals surface area contributed by atoms with E-state index in [0.717, 1.165) is 18.3 Å². The second-order valence-electron chi connectivity index (χ2n) is 3.44. The van der Waals surface area contributed by atoms with Gasteiger partial charge in [-0.3, -0.25) is 3.97 Å². The maximum atomic E-state index is 10.9. The van der Waals surface area contributed by atoms with E-state index in [2.05, 4.69) is 4.18 Å². The summed E-state index contributed by atoms with van der Waals surface area (Å²) in [6, 6.07) is 2.92. The van der Waals surface area contributed by atoms with Gasteiger partial charge < -0.3 is 18.4 Å². The summed E-state index contributed by atoms with van der Waals surface area (Å²) in [5, 5.41) is 9.56. The third-order valence-corrected chi connectivity index (χ3v) is 3.35. The fraction of sp³-hybridized carbons (Fsp3) is 0. The smallest absolute Gasteiger partial charge is 0.731 e. The van der Waals surface area contributed by atoms with Crippen molar-refractivity contribution in [3.8, 4) is 11.5 Å². The molecule has 0 atom stereocenters. The van der Waals surface area contributed by atoms with Gasteiger partial charge in [-0.05, 0) is 12.1 Å². The first-order chi connectivity index (χ1) is 8.58. The van der Waals surface area contributed by atoms with Crippen LogP contribution in [-0.2, 0) is 20.7 Å². The molecule has 0 saturated carbocycles. The van der Waals surface area contributed by atoms with Gasteiger partial charge in [0.25, 0.3) is 10.4 Å². The fourth-order valence-corrected chi connectivity index (χ4v) is 2.46. The first-order valence-electron chi connectivity index (χ1n) is 4.54. The molecule has 9 nitrogen and oxygen atoms in total. The van der Waals surface area contributed by atoms with Gasteiger partial charge in [-0.2, -0.15) is 0 Å². The van der Waals surface area contributed by atoms with Gasteiger partial charge in [-0.1, -0.05) is 0 Å². The summed E-state index contributed by atoms with van der Waals surface area (Å²) >= 11 is 0. The van der Waals surface area contributed by atoms with Crippen molar-refractivity contribution in [3.05, 3.63) is 24.4 Å². The first-order valence-corrected chi connectivity index (χ1v) is 7.23. The van der Waals surface area contributed by atoms with Gasteiger partial charge in [0.15, 0.2) is 21.8 Å². The molecule has 2 rings (SSSR count). The van der Waals surface area contributed by atoms with Crippen LogP contribution < -0.4 is 63.3 Å². The Balaban J connectivity index is 0.00000200. The number of benzene rings is 1. The van der Waals surface area contributed by atoms with E-state index in [0.29, 0.717) is 3.97 Å². The number of aromatic hydroxyl groups is 1. The molecule has 0 saturated heterocycles. The van der Waals surface area contributed by atoms with Gasteiger partial charge in [0, 0.05) is 17.6 Å². The molecule has 1 heterocycles. The van der Waals surface area contributed by atoms with Crippen LogP contribution in [0.25, 0.3) is 10.9 Å². The van der Waals surface area contributed by atoms with Crippen LogP contribution in [0, 0.1) is 0 Å². The number of hydrogen-bond acceptors (Lipinski definition) is 8. The predicted molar refractivity (Wildman–Crippen MR) is 59.0 cm³/mol. The van der Waals surface area contributed by atoms with Crippen molar-refractivity contribution in [2.75, 3.05) is 0 Å². The molecule has 0 fully saturated rings. The molecule has 0 amide bonds. The Kier molecular flexibility index (Phi) is 7.23. The minimum absolute atomic E-state index is 0. The second-order valence-corrected chi connectivity index (χ2v) is 5.67.